The third kappa shape index (κ3) is 8.32. The summed E-state index contributed by atoms with van der Waals surface area (Å²) in [5.41, 5.74) is -0.677. The molecule has 0 aliphatic heterocycles. The van der Waals surface area contributed by atoms with Gasteiger partial charge in [0.25, 0.3) is 0 Å². The first kappa shape index (κ1) is 19.4. The molecule has 0 rings (SSSR count). The average Bonchev–Trinajstić information content (AvgIpc) is 2.32. The van der Waals surface area contributed by atoms with Gasteiger partial charge in [0.2, 0.25) is 5.91 Å². The minimum absolute atomic E-state index is 0.00588. The Hall–Kier alpha value is -1.59. The third-order valence-corrected chi connectivity index (χ3v) is 3.41. The second-order valence-electron chi connectivity index (χ2n) is 6.32. The largest absolute Gasteiger partial charge is 0.481 e. The summed E-state index contributed by atoms with van der Waals surface area (Å²) in [6.45, 7) is 10.5. The van der Waals surface area contributed by atoms with Crippen molar-refractivity contribution < 1.29 is 19.5 Å². The quantitative estimate of drug-likeness (QED) is 0.721. The Morgan fingerprint density at radius 3 is 2.19 bits per heavy atom. The number of hydrogen-bond donors (Lipinski definition) is 2. The molecule has 0 bridgehead atoms. The lowest BCUT2D eigenvalue weighted by molar-refractivity contribution is -0.139. The summed E-state index contributed by atoms with van der Waals surface area (Å²) < 4.78 is 0. The van der Waals surface area contributed by atoms with Crippen molar-refractivity contribution >= 4 is 17.9 Å². The number of nitrogens with zero attached hydrogens (tertiary/aromatic N) is 1. The molecule has 122 valence electrons. The predicted molar refractivity (Wildman–Crippen MR) is 80.9 cm³/mol. The fourth-order valence-corrected chi connectivity index (χ4v) is 2.01. The number of carbonyl (C=O) groups excluding carboxylic acids is 2. The van der Waals surface area contributed by atoms with Gasteiger partial charge in [0.1, 0.15) is 0 Å². The molecule has 0 aliphatic carbocycles. The smallest absolute Gasteiger partial charge is 0.324 e. The standard InChI is InChI=1S/C15H28N2O4/c1-6-11(3)10-17(7-2)14(21)16-12(18)8-15(4,5)9-13(19)20/h11H,6-10H2,1-5H3,(H,19,20)(H,16,18,21). The van der Waals surface area contributed by atoms with Gasteiger partial charge < -0.3 is 10.0 Å². The molecule has 2 N–H and O–H groups in total. The highest BCUT2D eigenvalue weighted by atomic mass is 16.4. The molecule has 0 spiro atoms. The molecule has 0 aromatic rings. The Labute approximate surface area is 126 Å². The van der Waals surface area contributed by atoms with Gasteiger partial charge in [-0.25, -0.2) is 4.79 Å². The highest BCUT2D eigenvalue weighted by Gasteiger charge is 2.26. The number of nitrogens with one attached hydrogen (secondary N) is 1. The molecule has 0 radical (unpaired) electrons. The first-order valence-electron chi connectivity index (χ1n) is 7.41. The van der Waals surface area contributed by atoms with Crippen LogP contribution in [-0.2, 0) is 9.59 Å². The molecule has 0 saturated carbocycles. The van der Waals surface area contributed by atoms with E-state index in [0.29, 0.717) is 19.0 Å². The van der Waals surface area contributed by atoms with Gasteiger partial charge in [0.05, 0.1) is 6.42 Å². The molecule has 3 amide bonds. The van der Waals surface area contributed by atoms with Crippen LogP contribution in [0.5, 0.6) is 0 Å². The zero-order valence-corrected chi connectivity index (χ0v) is 13.7. The van der Waals surface area contributed by atoms with Crippen molar-refractivity contribution in [2.45, 2.75) is 53.9 Å². The molecule has 6 nitrogen and oxygen atoms in total. The fraction of sp³-hybridized carbons (Fsp3) is 0.800. The number of urea groups is 1. The maximum atomic E-state index is 12.0. The van der Waals surface area contributed by atoms with Crippen molar-refractivity contribution in [3.05, 3.63) is 0 Å². The van der Waals surface area contributed by atoms with E-state index in [2.05, 4.69) is 12.2 Å². The van der Waals surface area contributed by atoms with Crippen molar-refractivity contribution in [3.63, 3.8) is 0 Å². The number of imide groups is 1. The average molecular weight is 300 g/mol. The van der Waals surface area contributed by atoms with Crippen LogP contribution >= 0.6 is 0 Å². The Bertz CT molecular complexity index is 380. The van der Waals surface area contributed by atoms with E-state index >= 15 is 0 Å². The summed E-state index contributed by atoms with van der Waals surface area (Å²) in [7, 11) is 0. The van der Waals surface area contributed by atoms with Crippen molar-refractivity contribution in [1.82, 2.24) is 10.2 Å². The van der Waals surface area contributed by atoms with E-state index in [1.54, 1.807) is 18.7 Å². The maximum Gasteiger partial charge on any atom is 0.324 e. The number of carboxylic acids is 1. The number of carboxylic acid groups (broad SMARTS) is 1. The van der Waals surface area contributed by atoms with Crippen LogP contribution in [0.2, 0.25) is 0 Å². The zero-order valence-electron chi connectivity index (χ0n) is 13.7. The molecule has 21 heavy (non-hydrogen) atoms. The number of hydrogen-bond acceptors (Lipinski definition) is 3. The van der Waals surface area contributed by atoms with Gasteiger partial charge in [-0.3, -0.25) is 14.9 Å². The molecule has 0 aliphatic rings. The summed E-state index contributed by atoms with van der Waals surface area (Å²) in [5, 5.41) is 11.1. The van der Waals surface area contributed by atoms with Gasteiger partial charge in [-0.15, -0.1) is 0 Å². The molecule has 1 atom stereocenters. The molecule has 0 aromatic carbocycles. The van der Waals surface area contributed by atoms with Crippen molar-refractivity contribution in [2.75, 3.05) is 13.1 Å². The van der Waals surface area contributed by atoms with E-state index < -0.39 is 23.3 Å². The summed E-state index contributed by atoms with van der Waals surface area (Å²) >= 11 is 0. The Balaban J connectivity index is 4.48. The fourth-order valence-electron chi connectivity index (χ4n) is 2.01. The van der Waals surface area contributed by atoms with E-state index in [-0.39, 0.29) is 12.8 Å². The molecule has 0 heterocycles. The Kier molecular flexibility index (Phi) is 7.99. The first-order chi connectivity index (χ1) is 9.61. The lowest BCUT2D eigenvalue weighted by Gasteiger charge is -2.25. The van der Waals surface area contributed by atoms with Gasteiger partial charge >= 0.3 is 12.0 Å². The van der Waals surface area contributed by atoms with Gasteiger partial charge in [-0.05, 0) is 18.3 Å². The summed E-state index contributed by atoms with van der Waals surface area (Å²) in [5.74, 6) is -1.02. The Morgan fingerprint density at radius 2 is 1.76 bits per heavy atom. The first-order valence-corrected chi connectivity index (χ1v) is 7.41. The van der Waals surface area contributed by atoms with Crippen LogP contribution in [0, 0.1) is 11.3 Å². The maximum absolute atomic E-state index is 12.0. The van der Waals surface area contributed by atoms with E-state index in [9.17, 15) is 14.4 Å². The lowest BCUT2D eigenvalue weighted by Crippen LogP contribution is -2.45. The normalized spacial score (nSPS) is 12.6. The van der Waals surface area contributed by atoms with Crippen LogP contribution in [0.25, 0.3) is 0 Å². The van der Waals surface area contributed by atoms with Crippen molar-refractivity contribution in [1.29, 1.82) is 0 Å². The van der Waals surface area contributed by atoms with Gasteiger partial charge in [-0.1, -0.05) is 34.1 Å². The second kappa shape index (κ2) is 8.64. The number of amides is 3. The minimum atomic E-state index is -0.953. The van der Waals surface area contributed by atoms with Gasteiger partial charge in [0.15, 0.2) is 0 Å². The lowest BCUT2D eigenvalue weighted by atomic mass is 9.85. The monoisotopic (exact) mass is 300 g/mol. The molecular weight excluding hydrogens is 272 g/mol. The highest BCUT2D eigenvalue weighted by molar-refractivity contribution is 5.94. The number of carbonyl (C=O) groups is 3. The van der Waals surface area contributed by atoms with Crippen LogP contribution in [0.3, 0.4) is 0 Å². The predicted octanol–water partition coefficient (Wildman–Crippen LogP) is 2.48. The van der Waals surface area contributed by atoms with Crippen LogP contribution in [0.15, 0.2) is 0 Å². The second-order valence-corrected chi connectivity index (χ2v) is 6.32. The molecular formula is C15H28N2O4. The van der Waals surface area contributed by atoms with E-state index in [0.717, 1.165) is 6.42 Å². The minimum Gasteiger partial charge on any atom is -0.481 e. The zero-order chi connectivity index (χ0) is 16.6. The SMILES string of the molecule is CCC(C)CN(CC)C(=O)NC(=O)CC(C)(C)CC(=O)O. The summed E-state index contributed by atoms with van der Waals surface area (Å²) in [6.07, 6.45) is 0.855. The van der Waals surface area contributed by atoms with Gasteiger partial charge in [0, 0.05) is 19.5 Å². The van der Waals surface area contributed by atoms with Crippen LogP contribution in [0.4, 0.5) is 4.79 Å². The molecule has 1 unspecified atom stereocenters. The van der Waals surface area contributed by atoms with Crippen molar-refractivity contribution in [2.24, 2.45) is 11.3 Å². The van der Waals surface area contributed by atoms with E-state index in [1.807, 2.05) is 13.8 Å². The Morgan fingerprint density at radius 1 is 1.19 bits per heavy atom. The summed E-state index contributed by atoms with van der Waals surface area (Å²) in [6, 6.07) is -0.408. The van der Waals surface area contributed by atoms with E-state index in [4.69, 9.17) is 5.11 Å². The topological polar surface area (TPSA) is 86.7 Å². The summed E-state index contributed by atoms with van der Waals surface area (Å²) in [4.78, 5) is 36.2. The molecule has 0 fully saturated rings. The van der Waals surface area contributed by atoms with Crippen molar-refractivity contribution in [3.8, 4) is 0 Å². The molecule has 0 saturated heterocycles. The highest BCUT2D eigenvalue weighted by Crippen LogP contribution is 2.24. The van der Waals surface area contributed by atoms with E-state index in [1.165, 1.54) is 0 Å². The molecule has 6 heteroatoms. The van der Waals surface area contributed by atoms with Crippen LogP contribution in [-0.4, -0.2) is 41.0 Å². The third-order valence-electron chi connectivity index (χ3n) is 3.41. The number of aliphatic carboxylic acids is 1. The number of rotatable bonds is 8. The van der Waals surface area contributed by atoms with Crippen LogP contribution < -0.4 is 5.32 Å². The van der Waals surface area contributed by atoms with Crippen LogP contribution in [0.1, 0.15) is 53.9 Å². The van der Waals surface area contributed by atoms with Gasteiger partial charge in [-0.2, -0.15) is 0 Å². The molecule has 0 aromatic heterocycles.